The Bertz CT molecular complexity index is 635. The van der Waals surface area contributed by atoms with Gasteiger partial charge in [0.15, 0.2) is 0 Å². The smallest absolute Gasteiger partial charge is 0.0233 e. The Morgan fingerprint density at radius 2 is 1.08 bits per heavy atom. The van der Waals surface area contributed by atoms with Crippen molar-refractivity contribution in [3.05, 3.63) is 83.9 Å². The fourth-order valence-corrected chi connectivity index (χ4v) is 2.59. The molecule has 0 N–H and O–H groups in total. The second-order valence-corrected chi connectivity index (χ2v) is 6.59. The van der Waals surface area contributed by atoms with Crippen LogP contribution < -0.4 is 0 Å². The van der Waals surface area contributed by atoms with Gasteiger partial charge in [0.05, 0.1) is 0 Å². The number of hydrogen-bond acceptors (Lipinski definition) is 2. The summed E-state index contributed by atoms with van der Waals surface area (Å²) in [5, 5.41) is 0. The predicted molar refractivity (Wildman–Crippen MR) is 117 cm³/mol. The molecule has 2 aromatic rings. The molecule has 0 aliphatic rings. The molecule has 26 heavy (non-hydrogen) atoms. The van der Waals surface area contributed by atoms with Gasteiger partial charge in [-0.05, 0) is 49.4 Å². The lowest BCUT2D eigenvalue weighted by molar-refractivity contribution is 0.296. The highest BCUT2D eigenvalue weighted by molar-refractivity contribution is 5.47. The molecule has 0 saturated heterocycles. The van der Waals surface area contributed by atoms with Crippen molar-refractivity contribution in [3.8, 4) is 0 Å². The second kappa shape index (κ2) is 12.2. The zero-order valence-corrected chi connectivity index (χ0v) is 16.9. The van der Waals surface area contributed by atoms with Crippen LogP contribution in [0.25, 0.3) is 12.2 Å². The molecular weight excluding hydrogens is 316 g/mol. The van der Waals surface area contributed by atoms with E-state index in [4.69, 9.17) is 0 Å². The van der Waals surface area contributed by atoms with E-state index in [0.29, 0.717) is 0 Å². The highest BCUT2D eigenvalue weighted by Gasteiger charge is 1.99. The van der Waals surface area contributed by atoms with Crippen LogP contribution in [-0.4, -0.2) is 37.0 Å². The van der Waals surface area contributed by atoms with Gasteiger partial charge < -0.3 is 4.90 Å². The normalized spacial score (nSPS) is 10.4. The maximum absolute atomic E-state index is 3.74. The first kappa shape index (κ1) is 21.9. The Kier molecular flexibility index (Phi) is 10.3. The lowest BCUT2D eigenvalue weighted by Crippen LogP contribution is -2.21. The maximum Gasteiger partial charge on any atom is 0.0233 e. The minimum atomic E-state index is 0.997. The predicted octanol–water partition coefficient (Wildman–Crippen LogP) is 5.56. The third-order valence-corrected chi connectivity index (χ3v) is 4.23. The van der Waals surface area contributed by atoms with Crippen molar-refractivity contribution in [1.29, 1.82) is 0 Å². The molecule has 0 fully saturated rings. The maximum atomic E-state index is 3.74. The molecule has 2 aromatic carbocycles. The average Bonchev–Trinajstić information content (AvgIpc) is 2.67. The summed E-state index contributed by atoms with van der Waals surface area (Å²) in [4.78, 5) is 4.56. The van der Waals surface area contributed by atoms with E-state index >= 15 is 0 Å². The van der Waals surface area contributed by atoms with E-state index in [1.165, 1.54) is 22.3 Å². The van der Waals surface area contributed by atoms with E-state index in [-0.39, 0.29) is 0 Å². The van der Waals surface area contributed by atoms with Crippen molar-refractivity contribution in [1.82, 2.24) is 9.80 Å². The van der Waals surface area contributed by atoms with E-state index in [1.807, 2.05) is 12.2 Å². The zero-order valence-electron chi connectivity index (χ0n) is 16.9. The standard InChI is InChI=1S/C13H19N.C11H15N/c1-4-12-7-9-13(10-8-12)11-14(5-2)6-3;1-4-10-5-7-11(8-6-10)9-12(2)3/h4,7-10H,1,5-6,11H2,2-3H3;4-8H,1,9H2,2-3H3. The van der Waals surface area contributed by atoms with E-state index in [0.717, 1.165) is 26.2 Å². The van der Waals surface area contributed by atoms with E-state index in [2.05, 4.69) is 99.4 Å². The van der Waals surface area contributed by atoms with Gasteiger partial charge in [0.1, 0.15) is 0 Å². The molecule has 0 bridgehead atoms. The van der Waals surface area contributed by atoms with Gasteiger partial charge in [0.2, 0.25) is 0 Å². The highest BCUT2D eigenvalue weighted by Crippen LogP contribution is 2.08. The Balaban J connectivity index is 0.000000263. The van der Waals surface area contributed by atoms with Crippen molar-refractivity contribution < 1.29 is 0 Å². The van der Waals surface area contributed by atoms with Gasteiger partial charge in [0, 0.05) is 13.1 Å². The van der Waals surface area contributed by atoms with Gasteiger partial charge in [-0.1, -0.05) is 87.7 Å². The molecule has 0 atom stereocenters. The molecule has 0 radical (unpaired) electrons. The molecule has 0 saturated carbocycles. The highest BCUT2D eigenvalue weighted by atomic mass is 15.1. The quantitative estimate of drug-likeness (QED) is 0.615. The summed E-state index contributed by atoms with van der Waals surface area (Å²) in [5.74, 6) is 0. The third-order valence-electron chi connectivity index (χ3n) is 4.23. The van der Waals surface area contributed by atoms with Crippen LogP contribution in [0.5, 0.6) is 0 Å². The van der Waals surface area contributed by atoms with Crippen LogP contribution in [0.2, 0.25) is 0 Å². The monoisotopic (exact) mass is 350 g/mol. The first-order valence-electron chi connectivity index (χ1n) is 9.32. The summed E-state index contributed by atoms with van der Waals surface area (Å²) in [6, 6.07) is 17.0. The Hall–Kier alpha value is -2.16. The molecule has 0 heterocycles. The molecule has 2 heteroatoms. The summed E-state index contributed by atoms with van der Waals surface area (Å²) >= 11 is 0. The fraction of sp³-hybridized carbons (Fsp3) is 0.333. The number of nitrogens with zero attached hydrogens (tertiary/aromatic N) is 2. The van der Waals surface area contributed by atoms with Gasteiger partial charge in [0.25, 0.3) is 0 Å². The van der Waals surface area contributed by atoms with Crippen molar-refractivity contribution >= 4 is 12.2 Å². The van der Waals surface area contributed by atoms with Crippen LogP contribution >= 0.6 is 0 Å². The van der Waals surface area contributed by atoms with E-state index in [1.54, 1.807) is 0 Å². The molecule has 2 rings (SSSR count). The minimum absolute atomic E-state index is 0.997. The Morgan fingerprint density at radius 3 is 1.38 bits per heavy atom. The van der Waals surface area contributed by atoms with Gasteiger partial charge in [-0.15, -0.1) is 0 Å². The molecule has 0 aliphatic heterocycles. The molecule has 0 aliphatic carbocycles. The Morgan fingerprint density at radius 1 is 0.692 bits per heavy atom. The van der Waals surface area contributed by atoms with Crippen molar-refractivity contribution in [2.45, 2.75) is 26.9 Å². The SMILES string of the molecule is C=Cc1ccc(CN(C)C)cc1.C=Cc1ccc(CN(CC)CC)cc1. The topological polar surface area (TPSA) is 6.48 Å². The van der Waals surface area contributed by atoms with Crippen LogP contribution in [0.1, 0.15) is 36.1 Å². The summed E-state index contributed by atoms with van der Waals surface area (Å²) in [6.45, 7) is 16.1. The van der Waals surface area contributed by atoms with Crippen LogP contribution in [0.4, 0.5) is 0 Å². The van der Waals surface area contributed by atoms with Crippen molar-refractivity contribution in [3.63, 3.8) is 0 Å². The van der Waals surface area contributed by atoms with Gasteiger partial charge in [-0.25, -0.2) is 0 Å². The third kappa shape index (κ3) is 8.28. The van der Waals surface area contributed by atoms with Gasteiger partial charge in [-0.2, -0.15) is 0 Å². The van der Waals surface area contributed by atoms with Gasteiger partial charge >= 0.3 is 0 Å². The molecule has 0 spiro atoms. The number of rotatable bonds is 8. The first-order chi connectivity index (χ1) is 12.5. The van der Waals surface area contributed by atoms with E-state index < -0.39 is 0 Å². The van der Waals surface area contributed by atoms with Crippen molar-refractivity contribution in [2.75, 3.05) is 27.2 Å². The summed E-state index contributed by atoms with van der Waals surface area (Å²) in [6.07, 6.45) is 3.74. The van der Waals surface area contributed by atoms with E-state index in [9.17, 15) is 0 Å². The van der Waals surface area contributed by atoms with Crippen LogP contribution in [-0.2, 0) is 13.1 Å². The van der Waals surface area contributed by atoms with Gasteiger partial charge in [-0.3, -0.25) is 4.90 Å². The van der Waals surface area contributed by atoms with Crippen LogP contribution in [0, 0.1) is 0 Å². The lowest BCUT2D eigenvalue weighted by Gasteiger charge is -2.17. The van der Waals surface area contributed by atoms with Crippen LogP contribution in [0.3, 0.4) is 0 Å². The largest absolute Gasteiger partial charge is 0.305 e. The van der Waals surface area contributed by atoms with Crippen LogP contribution in [0.15, 0.2) is 61.7 Å². The molecule has 2 nitrogen and oxygen atoms in total. The number of hydrogen-bond donors (Lipinski definition) is 0. The van der Waals surface area contributed by atoms with Crippen molar-refractivity contribution in [2.24, 2.45) is 0 Å². The molecule has 0 unspecified atom stereocenters. The molecule has 140 valence electrons. The number of benzene rings is 2. The summed E-state index contributed by atoms with van der Waals surface area (Å²) < 4.78 is 0. The summed E-state index contributed by atoms with van der Waals surface area (Å²) in [5.41, 5.74) is 5.08. The minimum Gasteiger partial charge on any atom is -0.305 e. The Labute approximate surface area is 160 Å². The molecular formula is C24H34N2. The molecule has 0 amide bonds. The summed E-state index contributed by atoms with van der Waals surface area (Å²) in [7, 11) is 4.14. The second-order valence-electron chi connectivity index (χ2n) is 6.59. The first-order valence-corrected chi connectivity index (χ1v) is 9.32. The lowest BCUT2D eigenvalue weighted by atomic mass is 10.1. The molecule has 0 aromatic heterocycles. The zero-order chi connectivity index (χ0) is 19.4. The average molecular weight is 351 g/mol. The fourth-order valence-electron chi connectivity index (χ4n) is 2.59.